The third-order valence-electron chi connectivity index (χ3n) is 3.42. The van der Waals surface area contributed by atoms with Crippen LogP contribution in [0, 0.1) is 0 Å². The molecule has 3 rings (SSSR count). The lowest BCUT2D eigenvalue weighted by molar-refractivity contribution is -0.228. The van der Waals surface area contributed by atoms with Crippen LogP contribution in [0.5, 0.6) is 0 Å². The largest absolute Gasteiger partial charge is 0.353 e. The zero-order chi connectivity index (χ0) is 13.6. The molecule has 4 atom stereocenters. The van der Waals surface area contributed by atoms with Gasteiger partial charge in [-0.3, -0.25) is 4.68 Å². The predicted octanol–water partition coefficient (Wildman–Crippen LogP) is 0.862. The first kappa shape index (κ1) is 13.0. The van der Waals surface area contributed by atoms with Crippen LogP contribution in [-0.4, -0.2) is 46.4 Å². The fraction of sp³-hybridized carbons (Fsp3) is 0.833. The summed E-state index contributed by atoms with van der Waals surface area (Å²) < 4.78 is 24.7. The van der Waals surface area contributed by atoms with Crippen LogP contribution in [-0.2, 0) is 25.5 Å². The zero-order valence-corrected chi connectivity index (χ0v) is 11.6. The normalized spacial score (nSPS) is 36.6. The molecule has 1 aromatic heterocycles. The molecular weight excluding hydrogens is 250 g/mol. The number of rotatable bonds is 3. The Bertz CT molecular complexity index is 462. The van der Waals surface area contributed by atoms with Gasteiger partial charge in [0.1, 0.15) is 24.0 Å². The van der Waals surface area contributed by atoms with Gasteiger partial charge in [0, 0.05) is 13.7 Å². The van der Waals surface area contributed by atoms with Crippen molar-refractivity contribution in [2.75, 3.05) is 7.11 Å². The van der Waals surface area contributed by atoms with Gasteiger partial charge >= 0.3 is 0 Å². The highest BCUT2D eigenvalue weighted by molar-refractivity contribution is 5.08. The predicted molar refractivity (Wildman–Crippen MR) is 64.1 cm³/mol. The van der Waals surface area contributed by atoms with E-state index in [0.29, 0.717) is 0 Å². The van der Waals surface area contributed by atoms with Gasteiger partial charge in [-0.05, 0) is 20.8 Å². The molecule has 4 unspecified atom stereocenters. The molecule has 3 heterocycles. The summed E-state index contributed by atoms with van der Waals surface area (Å²) in [5.41, 5.74) is 0.748. The van der Waals surface area contributed by atoms with Gasteiger partial charge in [0.05, 0.1) is 6.20 Å². The van der Waals surface area contributed by atoms with Crippen molar-refractivity contribution in [1.29, 1.82) is 0 Å². The molecule has 0 aromatic carbocycles. The number of hydrogen-bond acceptors (Lipinski definition) is 6. The van der Waals surface area contributed by atoms with Gasteiger partial charge < -0.3 is 18.9 Å². The van der Waals surface area contributed by atoms with E-state index in [1.54, 1.807) is 11.8 Å². The van der Waals surface area contributed by atoms with E-state index in [0.717, 1.165) is 12.2 Å². The summed E-state index contributed by atoms with van der Waals surface area (Å²) in [6.45, 7) is 6.55. The Labute approximate surface area is 111 Å². The number of nitrogens with zero attached hydrogens (tertiary/aromatic N) is 3. The lowest BCUT2D eigenvalue weighted by Gasteiger charge is -2.22. The first-order valence-electron chi connectivity index (χ1n) is 6.48. The van der Waals surface area contributed by atoms with Crippen LogP contribution in [0.4, 0.5) is 0 Å². The molecule has 0 spiro atoms. The van der Waals surface area contributed by atoms with Crippen LogP contribution in [0.2, 0.25) is 0 Å². The standard InChI is InChI=1S/C12H19N3O4/c1-5-15-6-7(13-14-15)8-9-10(11(16-4)17-8)19-12(2,3)18-9/h6,8-11H,5H2,1-4H3. The van der Waals surface area contributed by atoms with E-state index in [1.165, 1.54) is 0 Å². The van der Waals surface area contributed by atoms with Crippen LogP contribution < -0.4 is 0 Å². The number of aryl methyl sites for hydroxylation is 1. The van der Waals surface area contributed by atoms with Gasteiger partial charge in [-0.15, -0.1) is 5.10 Å². The third kappa shape index (κ3) is 2.16. The summed E-state index contributed by atoms with van der Waals surface area (Å²) in [6.07, 6.45) is 0.661. The molecule has 2 fully saturated rings. The molecule has 0 bridgehead atoms. The maximum absolute atomic E-state index is 5.91. The van der Waals surface area contributed by atoms with E-state index < -0.39 is 12.1 Å². The van der Waals surface area contributed by atoms with E-state index >= 15 is 0 Å². The van der Waals surface area contributed by atoms with Crippen LogP contribution in [0.1, 0.15) is 32.6 Å². The van der Waals surface area contributed by atoms with E-state index in [1.807, 2.05) is 27.0 Å². The lowest BCUT2D eigenvalue weighted by Crippen LogP contribution is -2.30. The fourth-order valence-electron chi connectivity index (χ4n) is 2.59. The highest BCUT2D eigenvalue weighted by Gasteiger charge is 2.56. The van der Waals surface area contributed by atoms with Crippen LogP contribution in [0.15, 0.2) is 6.20 Å². The van der Waals surface area contributed by atoms with Crippen LogP contribution in [0.25, 0.3) is 0 Å². The monoisotopic (exact) mass is 269 g/mol. The maximum atomic E-state index is 5.91. The molecule has 0 amide bonds. The van der Waals surface area contributed by atoms with Crippen LogP contribution in [0.3, 0.4) is 0 Å². The summed E-state index contributed by atoms with van der Waals surface area (Å²) >= 11 is 0. The quantitative estimate of drug-likeness (QED) is 0.811. The fourth-order valence-corrected chi connectivity index (χ4v) is 2.59. The van der Waals surface area contributed by atoms with E-state index in [4.69, 9.17) is 18.9 Å². The number of aromatic nitrogens is 3. The Hall–Kier alpha value is -1.02. The molecule has 0 aliphatic carbocycles. The molecule has 19 heavy (non-hydrogen) atoms. The van der Waals surface area contributed by atoms with Crippen molar-refractivity contribution in [2.45, 2.75) is 57.7 Å². The zero-order valence-electron chi connectivity index (χ0n) is 11.6. The molecule has 2 saturated heterocycles. The lowest BCUT2D eigenvalue weighted by atomic mass is 10.1. The number of methoxy groups -OCH3 is 1. The smallest absolute Gasteiger partial charge is 0.187 e. The summed E-state index contributed by atoms with van der Waals surface area (Å²) in [4.78, 5) is 0. The average Bonchev–Trinajstić information content (AvgIpc) is 3.01. The molecule has 0 saturated carbocycles. The highest BCUT2D eigenvalue weighted by Crippen LogP contribution is 2.44. The Balaban J connectivity index is 1.86. The molecule has 0 N–H and O–H groups in total. The minimum atomic E-state index is -0.630. The topological polar surface area (TPSA) is 67.6 Å². The summed E-state index contributed by atoms with van der Waals surface area (Å²) in [6, 6.07) is 0. The average molecular weight is 269 g/mol. The molecule has 1 aromatic rings. The molecule has 7 nitrogen and oxygen atoms in total. The van der Waals surface area contributed by atoms with Crippen LogP contribution >= 0.6 is 0 Å². The van der Waals surface area contributed by atoms with E-state index in [9.17, 15) is 0 Å². The van der Waals surface area contributed by atoms with Crippen molar-refractivity contribution in [3.05, 3.63) is 11.9 Å². The molecular formula is C12H19N3O4. The van der Waals surface area contributed by atoms with Gasteiger partial charge in [0.25, 0.3) is 0 Å². The number of fused-ring (bicyclic) bond motifs is 1. The van der Waals surface area contributed by atoms with Gasteiger partial charge in [0.2, 0.25) is 0 Å². The van der Waals surface area contributed by atoms with Crippen molar-refractivity contribution in [3.63, 3.8) is 0 Å². The van der Waals surface area contributed by atoms with Crippen molar-refractivity contribution in [3.8, 4) is 0 Å². The maximum Gasteiger partial charge on any atom is 0.187 e. The van der Waals surface area contributed by atoms with Gasteiger partial charge in [0.15, 0.2) is 12.1 Å². The van der Waals surface area contributed by atoms with Gasteiger partial charge in [-0.1, -0.05) is 5.21 Å². The first-order valence-corrected chi connectivity index (χ1v) is 6.48. The highest BCUT2D eigenvalue weighted by atomic mass is 16.8. The number of hydrogen-bond donors (Lipinski definition) is 0. The van der Waals surface area contributed by atoms with E-state index in [2.05, 4.69) is 10.3 Å². The van der Waals surface area contributed by atoms with Crippen molar-refractivity contribution < 1.29 is 18.9 Å². The Morgan fingerprint density at radius 3 is 2.74 bits per heavy atom. The van der Waals surface area contributed by atoms with Crippen molar-refractivity contribution in [2.24, 2.45) is 0 Å². The van der Waals surface area contributed by atoms with Gasteiger partial charge in [-0.2, -0.15) is 0 Å². The summed E-state index contributed by atoms with van der Waals surface area (Å²) in [5, 5.41) is 8.17. The van der Waals surface area contributed by atoms with Gasteiger partial charge in [-0.25, -0.2) is 0 Å². The molecule has 0 radical (unpaired) electrons. The minimum absolute atomic E-state index is 0.220. The summed E-state index contributed by atoms with van der Waals surface area (Å²) in [7, 11) is 1.60. The second-order valence-corrected chi connectivity index (χ2v) is 5.22. The second-order valence-electron chi connectivity index (χ2n) is 5.22. The van der Waals surface area contributed by atoms with E-state index in [-0.39, 0.29) is 18.3 Å². The molecule has 7 heteroatoms. The Morgan fingerprint density at radius 2 is 2.11 bits per heavy atom. The molecule has 106 valence electrons. The Morgan fingerprint density at radius 1 is 1.37 bits per heavy atom. The Kier molecular flexibility index (Phi) is 3.09. The molecule has 2 aliphatic heterocycles. The second kappa shape index (κ2) is 4.52. The third-order valence-corrected chi connectivity index (χ3v) is 3.42. The van der Waals surface area contributed by atoms with Crippen molar-refractivity contribution in [1.82, 2.24) is 15.0 Å². The first-order chi connectivity index (χ1) is 9.04. The minimum Gasteiger partial charge on any atom is -0.353 e. The van der Waals surface area contributed by atoms with Crippen molar-refractivity contribution >= 4 is 0 Å². The SMILES string of the molecule is CCn1cc(C2OC(OC)C3OC(C)(C)OC23)nn1. The number of ether oxygens (including phenoxy) is 4. The summed E-state index contributed by atoms with van der Waals surface area (Å²) in [5.74, 6) is -0.630. The molecule has 2 aliphatic rings.